The van der Waals surface area contributed by atoms with Gasteiger partial charge in [0.15, 0.2) is 0 Å². The van der Waals surface area contributed by atoms with Crippen LogP contribution in [0.4, 0.5) is 4.39 Å². The van der Waals surface area contributed by atoms with Crippen LogP contribution in [0.15, 0.2) is 65.2 Å². The lowest BCUT2D eigenvalue weighted by molar-refractivity contribution is 0.0815. The molecule has 29 heavy (non-hydrogen) atoms. The van der Waals surface area contributed by atoms with Crippen LogP contribution in [0, 0.1) is 11.7 Å². The highest BCUT2D eigenvalue weighted by Gasteiger charge is 2.31. The minimum Gasteiger partial charge on any atom is -0.493 e. The molecular formula is C23H27FN2O3. The number of carbonyl (C=O) groups is 1. The predicted octanol–water partition coefficient (Wildman–Crippen LogP) is 5.34. The fraction of sp³-hybridized carbons (Fsp3) is 0.304. The molecule has 154 valence electrons. The van der Waals surface area contributed by atoms with Crippen LogP contribution >= 0.6 is 0 Å². The summed E-state index contributed by atoms with van der Waals surface area (Å²) in [5.74, 6) is 0.693. The van der Waals surface area contributed by atoms with Gasteiger partial charge >= 0.3 is 0 Å². The Hall–Kier alpha value is -3.15. The fourth-order valence-corrected chi connectivity index (χ4v) is 3.12. The Kier molecular flexibility index (Phi) is 7.53. The number of halogens is 1. The van der Waals surface area contributed by atoms with Crippen molar-refractivity contribution >= 4 is 5.91 Å². The van der Waals surface area contributed by atoms with Crippen molar-refractivity contribution in [2.24, 2.45) is 5.92 Å². The molecule has 1 fully saturated rings. The van der Waals surface area contributed by atoms with E-state index in [1.54, 1.807) is 18.2 Å². The Morgan fingerprint density at radius 1 is 1.10 bits per heavy atom. The van der Waals surface area contributed by atoms with Crippen molar-refractivity contribution in [2.75, 3.05) is 6.61 Å². The Morgan fingerprint density at radius 3 is 2.48 bits per heavy atom. The van der Waals surface area contributed by atoms with Crippen molar-refractivity contribution < 1.29 is 18.4 Å². The first-order valence-corrected chi connectivity index (χ1v) is 8.89. The molecule has 3 aromatic rings. The summed E-state index contributed by atoms with van der Waals surface area (Å²) in [4.78, 5) is 12.3. The van der Waals surface area contributed by atoms with E-state index in [2.05, 4.69) is 10.5 Å². The second-order valence-corrected chi connectivity index (χ2v) is 6.72. The van der Waals surface area contributed by atoms with Crippen molar-refractivity contribution in [1.82, 2.24) is 10.5 Å². The van der Waals surface area contributed by atoms with Crippen LogP contribution in [0.2, 0.25) is 0 Å². The lowest BCUT2D eigenvalue weighted by Crippen LogP contribution is -2.45. The van der Waals surface area contributed by atoms with Crippen LogP contribution in [0.5, 0.6) is 5.75 Å². The maximum absolute atomic E-state index is 12.9. The molecule has 6 heteroatoms. The lowest BCUT2D eigenvalue weighted by atomic mass is 9.81. The fourth-order valence-electron chi connectivity index (χ4n) is 3.12. The molecule has 1 aromatic heterocycles. The summed E-state index contributed by atoms with van der Waals surface area (Å²) in [5, 5.41) is 6.92. The summed E-state index contributed by atoms with van der Waals surface area (Å²) in [5.41, 5.74) is 1.54. The van der Waals surface area contributed by atoms with E-state index in [0.717, 1.165) is 18.4 Å². The maximum Gasteiger partial charge on any atom is 0.290 e. The number of hydrogen-bond acceptors (Lipinski definition) is 4. The van der Waals surface area contributed by atoms with Gasteiger partial charge in [0.2, 0.25) is 5.76 Å². The summed E-state index contributed by atoms with van der Waals surface area (Å²) in [6.45, 7) is 0.554. The van der Waals surface area contributed by atoms with Gasteiger partial charge in [-0.25, -0.2) is 4.39 Å². The number of aromatic nitrogens is 1. The first kappa shape index (κ1) is 22.1. The molecule has 4 rings (SSSR count). The molecule has 1 amide bonds. The first-order valence-electron chi connectivity index (χ1n) is 8.89. The van der Waals surface area contributed by atoms with Gasteiger partial charge < -0.3 is 14.6 Å². The second kappa shape index (κ2) is 9.87. The molecule has 0 radical (unpaired) electrons. The highest BCUT2D eigenvalue weighted by molar-refractivity contribution is 5.92. The third-order valence-corrected chi connectivity index (χ3v) is 4.67. The van der Waals surface area contributed by atoms with Crippen LogP contribution in [0.1, 0.15) is 38.2 Å². The lowest BCUT2D eigenvalue weighted by Gasteiger charge is -2.35. The first-order chi connectivity index (χ1) is 13.2. The molecule has 5 nitrogen and oxygen atoms in total. The van der Waals surface area contributed by atoms with Gasteiger partial charge in [-0.1, -0.05) is 50.3 Å². The molecule has 0 saturated heterocycles. The van der Waals surface area contributed by atoms with Crippen LogP contribution in [0.3, 0.4) is 0 Å². The van der Waals surface area contributed by atoms with Gasteiger partial charge in [-0.15, -0.1) is 0 Å². The summed E-state index contributed by atoms with van der Waals surface area (Å²) < 4.78 is 23.7. The topological polar surface area (TPSA) is 64.4 Å². The number of benzene rings is 2. The smallest absolute Gasteiger partial charge is 0.290 e. The molecule has 0 aliphatic heterocycles. The van der Waals surface area contributed by atoms with Crippen LogP contribution < -0.4 is 10.1 Å². The number of hydrogen-bond donors (Lipinski definition) is 1. The molecule has 0 atom stereocenters. The normalized spacial score (nSPS) is 17.3. The van der Waals surface area contributed by atoms with E-state index in [9.17, 15) is 9.18 Å². The van der Waals surface area contributed by atoms with E-state index < -0.39 is 0 Å². The molecule has 0 bridgehead atoms. The van der Waals surface area contributed by atoms with E-state index in [-0.39, 0.29) is 38.4 Å². The summed E-state index contributed by atoms with van der Waals surface area (Å²) in [6, 6.07) is 17.3. The van der Waals surface area contributed by atoms with Crippen molar-refractivity contribution in [3.05, 3.63) is 72.2 Å². The largest absolute Gasteiger partial charge is 0.493 e. The number of amides is 1. The number of carbonyl (C=O) groups excluding carboxylic acids is 1. The van der Waals surface area contributed by atoms with Gasteiger partial charge in [0.1, 0.15) is 17.3 Å². The highest BCUT2D eigenvalue weighted by Crippen LogP contribution is 2.29. The molecule has 1 saturated carbocycles. The number of nitrogens with zero attached hydrogens (tertiary/aromatic N) is 1. The zero-order valence-electron chi connectivity index (χ0n) is 14.6. The van der Waals surface area contributed by atoms with Crippen LogP contribution in [-0.4, -0.2) is 23.7 Å². The molecule has 1 heterocycles. The number of nitrogens with one attached hydrogen (secondary N) is 1. The summed E-state index contributed by atoms with van der Waals surface area (Å²) in [7, 11) is 0. The van der Waals surface area contributed by atoms with E-state index in [0.29, 0.717) is 24.0 Å². The van der Waals surface area contributed by atoms with E-state index >= 15 is 0 Å². The van der Waals surface area contributed by atoms with Gasteiger partial charge in [-0.05, 0) is 43.0 Å². The van der Waals surface area contributed by atoms with E-state index in [1.165, 1.54) is 12.1 Å². The Morgan fingerprint density at radius 2 is 1.79 bits per heavy atom. The monoisotopic (exact) mass is 398 g/mol. The number of rotatable bonds is 6. The second-order valence-electron chi connectivity index (χ2n) is 6.72. The van der Waals surface area contributed by atoms with Gasteiger partial charge in [0.25, 0.3) is 5.91 Å². The Labute approximate surface area is 170 Å². The molecule has 0 spiro atoms. The highest BCUT2D eigenvalue weighted by atomic mass is 19.1. The van der Waals surface area contributed by atoms with Crippen molar-refractivity contribution in [2.45, 2.75) is 33.7 Å². The van der Waals surface area contributed by atoms with Gasteiger partial charge in [-0.3, -0.25) is 4.79 Å². The quantitative estimate of drug-likeness (QED) is 0.609. The molecule has 1 N–H and O–H groups in total. The third-order valence-electron chi connectivity index (χ3n) is 4.67. The summed E-state index contributed by atoms with van der Waals surface area (Å²) >= 11 is 0. The maximum atomic E-state index is 12.9. The molecule has 1 aliphatic rings. The van der Waals surface area contributed by atoms with Crippen molar-refractivity contribution in [1.29, 1.82) is 0 Å². The summed E-state index contributed by atoms with van der Waals surface area (Å²) in [6.07, 6.45) is 1.68. The van der Waals surface area contributed by atoms with Gasteiger partial charge in [0.05, 0.1) is 6.61 Å². The van der Waals surface area contributed by atoms with Crippen LogP contribution in [0.25, 0.3) is 11.3 Å². The molecular weight excluding hydrogens is 371 g/mol. The Bertz CT molecular complexity index is 903. The van der Waals surface area contributed by atoms with Gasteiger partial charge in [-0.2, -0.15) is 0 Å². The van der Waals surface area contributed by atoms with Crippen molar-refractivity contribution in [3.63, 3.8) is 0 Å². The molecule has 0 unspecified atom stereocenters. The van der Waals surface area contributed by atoms with Gasteiger partial charge in [0, 0.05) is 17.7 Å². The zero-order valence-corrected chi connectivity index (χ0v) is 14.6. The minimum absolute atomic E-state index is 0. The zero-order chi connectivity index (χ0) is 18.6. The number of ether oxygens (including phenoxy) is 1. The Balaban J connectivity index is 0.00000150. The average molecular weight is 398 g/mol. The third kappa shape index (κ3) is 5.44. The minimum atomic E-state index is -0.281. The molecule has 2 aromatic carbocycles. The van der Waals surface area contributed by atoms with Crippen LogP contribution in [-0.2, 0) is 0 Å². The predicted molar refractivity (Wildman–Crippen MR) is 111 cm³/mol. The van der Waals surface area contributed by atoms with E-state index in [1.807, 2.05) is 30.3 Å². The SMILES string of the molecule is C.C.O=C(NC1CC(COc2ccc(F)cc2)C1)c1cc(-c2ccccc2)no1. The standard InChI is InChI=1S/C21H19FN2O3.2CH4/c22-16-6-8-18(9-7-16)26-13-14-10-17(11-14)23-21(25)20-12-19(24-27-20)15-4-2-1-3-5-15;;/h1-9,12,14,17H,10-11,13H2,(H,23,25);2*1H4. The van der Waals surface area contributed by atoms with Crippen molar-refractivity contribution in [3.8, 4) is 17.0 Å². The van der Waals surface area contributed by atoms with E-state index in [4.69, 9.17) is 9.26 Å². The average Bonchev–Trinajstić information content (AvgIpc) is 3.16. The molecule has 1 aliphatic carbocycles.